The number of rotatable bonds is 2. The first-order valence-corrected chi connectivity index (χ1v) is 10.5. The van der Waals surface area contributed by atoms with Gasteiger partial charge in [0.1, 0.15) is 11.5 Å². The average molecular weight is 427 g/mol. The summed E-state index contributed by atoms with van der Waals surface area (Å²) < 4.78 is 0. The Morgan fingerprint density at radius 1 is 0.704 bits per heavy atom. The second-order valence-electron chi connectivity index (χ2n) is 9.06. The van der Waals surface area contributed by atoms with Gasteiger partial charge in [-0.15, -0.1) is 0 Å². The van der Waals surface area contributed by atoms with E-state index in [1.54, 1.807) is 12.1 Å². The van der Waals surface area contributed by atoms with E-state index in [0.29, 0.717) is 10.0 Å². The number of halogens is 2. The number of aryl methyl sites for hydroxylation is 2. The molecule has 0 amide bonds. The van der Waals surface area contributed by atoms with Gasteiger partial charge in [0.15, 0.2) is 0 Å². The number of phenolic OH excluding ortho intramolecular Hbond substituents is 2. The molecule has 148 valence electrons. The van der Waals surface area contributed by atoms with Crippen molar-refractivity contribution in [3.8, 4) is 11.5 Å². The van der Waals surface area contributed by atoms with Gasteiger partial charge in [-0.25, -0.2) is 0 Å². The molecule has 2 rings (SSSR count). The van der Waals surface area contributed by atoms with Crippen molar-refractivity contribution < 1.29 is 10.2 Å². The quantitative estimate of drug-likeness (QED) is 0.514. The van der Waals surface area contributed by atoms with Crippen LogP contribution in [0.5, 0.6) is 11.5 Å². The molecule has 0 unspecified atom stereocenters. The highest BCUT2D eigenvalue weighted by Gasteiger charge is 2.28. The first kappa shape index (κ1) is 22.3. The third-order valence-electron chi connectivity index (χ3n) is 4.48. The van der Waals surface area contributed by atoms with E-state index in [9.17, 15) is 10.2 Å². The van der Waals surface area contributed by atoms with Gasteiger partial charge in [-0.1, -0.05) is 76.5 Å². The molecule has 0 saturated carbocycles. The van der Waals surface area contributed by atoms with Gasteiger partial charge in [0.25, 0.3) is 0 Å². The average Bonchev–Trinajstić information content (AvgIpc) is 2.41. The Labute approximate surface area is 176 Å². The molecule has 0 atom stereocenters. The van der Waals surface area contributed by atoms with E-state index in [2.05, 4.69) is 0 Å². The zero-order chi connectivity index (χ0) is 20.9. The molecular weight excluding hydrogens is 399 g/mol. The van der Waals surface area contributed by atoms with Crippen molar-refractivity contribution in [2.24, 2.45) is 0 Å². The zero-order valence-corrected chi connectivity index (χ0v) is 19.5. The van der Waals surface area contributed by atoms with Crippen LogP contribution in [0.3, 0.4) is 0 Å². The predicted octanol–water partition coefficient (Wildman–Crippen LogP) is 7.77. The molecule has 0 fully saturated rings. The number of hydrogen-bond acceptors (Lipinski definition) is 3. The third kappa shape index (κ3) is 4.36. The van der Waals surface area contributed by atoms with Crippen LogP contribution < -0.4 is 0 Å². The molecule has 27 heavy (non-hydrogen) atoms. The molecule has 2 aromatic carbocycles. The van der Waals surface area contributed by atoms with Gasteiger partial charge < -0.3 is 10.2 Å². The first-order valence-electron chi connectivity index (χ1n) is 8.89. The van der Waals surface area contributed by atoms with E-state index < -0.39 is 0 Å². The lowest BCUT2D eigenvalue weighted by Crippen LogP contribution is -2.13. The Morgan fingerprint density at radius 3 is 1.26 bits per heavy atom. The zero-order valence-electron chi connectivity index (χ0n) is 17.2. The van der Waals surface area contributed by atoms with Gasteiger partial charge in [-0.3, -0.25) is 0 Å². The summed E-state index contributed by atoms with van der Waals surface area (Å²) in [6.45, 7) is 16.0. The Kier molecular flexibility index (Phi) is 6.12. The van der Waals surface area contributed by atoms with E-state index in [4.69, 9.17) is 23.2 Å². The van der Waals surface area contributed by atoms with Gasteiger partial charge in [-0.05, 0) is 47.9 Å². The molecule has 0 aliphatic carbocycles. The summed E-state index contributed by atoms with van der Waals surface area (Å²) >= 11 is 15.0. The van der Waals surface area contributed by atoms with Crippen LogP contribution in [0.2, 0.25) is 10.0 Å². The second kappa shape index (κ2) is 7.42. The summed E-state index contributed by atoms with van der Waals surface area (Å²) in [7, 11) is 0. The highest BCUT2D eigenvalue weighted by Crippen LogP contribution is 2.50. The number of phenols is 2. The van der Waals surface area contributed by atoms with Crippen molar-refractivity contribution in [1.82, 2.24) is 0 Å². The van der Waals surface area contributed by atoms with Gasteiger partial charge in [0.05, 0.1) is 10.0 Å². The van der Waals surface area contributed by atoms with E-state index >= 15 is 0 Å². The molecule has 0 bridgehead atoms. The van der Waals surface area contributed by atoms with Crippen LogP contribution in [0, 0.1) is 13.8 Å². The van der Waals surface area contributed by atoms with Crippen LogP contribution >= 0.6 is 35.0 Å². The normalized spacial score (nSPS) is 12.5. The van der Waals surface area contributed by atoms with Crippen molar-refractivity contribution in [3.05, 3.63) is 44.4 Å². The molecule has 0 heterocycles. The van der Waals surface area contributed by atoms with Gasteiger partial charge in [0, 0.05) is 20.9 Å². The predicted molar refractivity (Wildman–Crippen MR) is 117 cm³/mol. The van der Waals surface area contributed by atoms with Crippen molar-refractivity contribution >= 4 is 35.0 Å². The van der Waals surface area contributed by atoms with Crippen LogP contribution in [0.1, 0.15) is 63.8 Å². The van der Waals surface area contributed by atoms with Crippen molar-refractivity contribution in [1.29, 1.82) is 0 Å². The minimum atomic E-state index is -0.297. The molecular formula is C22H28Cl2O2S. The van der Waals surface area contributed by atoms with Gasteiger partial charge in [0.2, 0.25) is 0 Å². The topological polar surface area (TPSA) is 40.5 Å². The highest BCUT2D eigenvalue weighted by molar-refractivity contribution is 7.99. The monoisotopic (exact) mass is 426 g/mol. The molecule has 2 aromatic rings. The summed E-state index contributed by atoms with van der Waals surface area (Å²) in [5.41, 5.74) is 2.62. The molecule has 0 radical (unpaired) electrons. The lowest BCUT2D eigenvalue weighted by Gasteiger charge is -2.26. The molecule has 5 heteroatoms. The maximum absolute atomic E-state index is 10.4. The summed E-state index contributed by atoms with van der Waals surface area (Å²) in [5.74, 6) is 0.413. The molecule has 0 aliphatic heterocycles. The van der Waals surface area contributed by atoms with Crippen LogP contribution in [-0.2, 0) is 10.8 Å². The maximum atomic E-state index is 10.4. The fraction of sp³-hybridized carbons (Fsp3) is 0.455. The molecule has 0 aromatic heterocycles. The van der Waals surface area contributed by atoms with Gasteiger partial charge in [-0.2, -0.15) is 0 Å². The molecule has 0 saturated heterocycles. The SMILES string of the molecule is Cc1cc(O)c(C(C)(C)C)c(Cl)c1Sc1c(C)cc(O)c(C(C)(C)C)c1Cl. The lowest BCUT2D eigenvalue weighted by atomic mass is 9.85. The number of aromatic hydroxyl groups is 2. The Balaban J connectivity index is 2.72. The van der Waals surface area contributed by atoms with E-state index in [1.807, 2.05) is 55.4 Å². The molecule has 0 aliphatic rings. The van der Waals surface area contributed by atoms with E-state index in [1.165, 1.54) is 11.8 Å². The Hall–Kier alpha value is -1.03. The largest absolute Gasteiger partial charge is 0.508 e. The van der Waals surface area contributed by atoms with Crippen LogP contribution in [0.15, 0.2) is 21.9 Å². The summed E-state index contributed by atoms with van der Waals surface area (Å²) in [6.07, 6.45) is 0. The summed E-state index contributed by atoms with van der Waals surface area (Å²) in [4.78, 5) is 1.74. The highest BCUT2D eigenvalue weighted by atomic mass is 35.5. The second-order valence-corrected chi connectivity index (χ2v) is 10.8. The first-order chi connectivity index (χ1) is 12.2. The van der Waals surface area contributed by atoms with Crippen LogP contribution in [0.25, 0.3) is 0 Å². The molecule has 0 spiro atoms. The fourth-order valence-electron chi connectivity index (χ4n) is 3.26. The third-order valence-corrected chi connectivity index (χ3v) is 6.92. The van der Waals surface area contributed by atoms with Crippen molar-refractivity contribution in [2.45, 2.75) is 76.0 Å². The molecule has 2 N–H and O–H groups in total. The maximum Gasteiger partial charge on any atom is 0.121 e. The minimum Gasteiger partial charge on any atom is -0.508 e. The van der Waals surface area contributed by atoms with E-state index in [0.717, 1.165) is 32.0 Å². The smallest absolute Gasteiger partial charge is 0.121 e. The minimum absolute atomic E-state index is 0.207. The number of benzene rings is 2. The van der Waals surface area contributed by atoms with Crippen LogP contribution in [0.4, 0.5) is 0 Å². The molecule has 2 nitrogen and oxygen atoms in total. The van der Waals surface area contributed by atoms with Gasteiger partial charge >= 0.3 is 0 Å². The Morgan fingerprint density at radius 2 is 1.00 bits per heavy atom. The lowest BCUT2D eigenvalue weighted by molar-refractivity contribution is 0.445. The Bertz CT molecular complexity index is 818. The number of hydrogen-bond donors (Lipinski definition) is 2. The fourth-order valence-corrected chi connectivity index (χ4v) is 5.58. The van der Waals surface area contributed by atoms with Crippen molar-refractivity contribution in [2.75, 3.05) is 0 Å². The van der Waals surface area contributed by atoms with E-state index in [-0.39, 0.29) is 22.3 Å². The van der Waals surface area contributed by atoms with Crippen molar-refractivity contribution in [3.63, 3.8) is 0 Å². The summed E-state index contributed by atoms with van der Waals surface area (Å²) in [5, 5.41) is 22.0. The standard InChI is InChI=1S/C22H28Cl2O2S/c1-11-9-13(25)15(21(3,4)5)17(23)19(11)27-20-12(2)10-14(26)16(18(20)24)22(6,7)8/h9-10,25-26H,1-8H3. The van der Waals surface area contributed by atoms with Crippen LogP contribution in [-0.4, -0.2) is 10.2 Å². The summed E-state index contributed by atoms with van der Waals surface area (Å²) in [6, 6.07) is 3.51.